The van der Waals surface area contributed by atoms with Crippen molar-refractivity contribution in [3.05, 3.63) is 0 Å². The Morgan fingerprint density at radius 3 is 2.60 bits per heavy atom. The summed E-state index contributed by atoms with van der Waals surface area (Å²) in [7, 11) is 0. The fourth-order valence-corrected chi connectivity index (χ4v) is 3.99. The molecule has 2 fully saturated rings. The van der Waals surface area contributed by atoms with E-state index in [2.05, 4.69) is 11.8 Å². The summed E-state index contributed by atoms with van der Waals surface area (Å²) in [6, 6.07) is 0.214. The third kappa shape index (κ3) is 2.70. The molecule has 0 bridgehead atoms. The highest BCUT2D eigenvalue weighted by molar-refractivity contribution is 5.77. The quantitative estimate of drug-likeness (QED) is 0.846. The Kier molecular flexibility index (Phi) is 4.40. The van der Waals surface area contributed by atoms with Gasteiger partial charge in [-0.2, -0.15) is 0 Å². The fraction of sp³-hybridized carbons (Fsp3) is 0.875. The molecule has 0 aromatic heterocycles. The van der Waals surface area contributed by atoms with Gasteiger partial charge < -0.3 is 10.0 Å². The van der Waals surface area contributed by atoms with E-state index in [0.29, 0.717) is 12.8 Å². The number of carboxylic acids is 1. The molecule has 114 valence electrons. The van der Waals surface area contributed by atoms with Crippen LogP contribution in [0.5, 0.6) is 0 Å². The van der Waals surface area contributed by atoms with Crippen LogP contribution in [0.2, 0.25) is 0 Å². The van der Waals surface area contributed by atoms with Gasteiger partial charge in [-0.3, -0.25) is 9.59 Å². The Labute approximate surface area is 121 Å². The number of amides is 1. The van der Waals surface area contributed by atoms with Crippen molar-refractivity contribution in [2.75, 3.05) is 6.54 Å². The summed E-state index contributed by atoms with van der Waals surface area (Å²) in [6.07, 6.45) is 5.38. The summed E-state index contributed by atoms with van der Waals surface area (Å²) in [5, 5.41) is 9.40. The number of carboxylic acid groups (broad SMARTS) is 1. The molecule has 4 nitrogen and oxygen atoms in total. The predicted octanol–water partition coefficient (Wildman–Crippen LogP) is 2.91. The van der Waals surface area contributed by atoms with E-state index < -0.39 is 5.97 Å². The third-order valence-corrected chi connectivity index (χ3v) is 5.71. The van der Waals surface area contributed by atoms with Crippen LogP contribution >= 0.6 is 0 Å². The smallest absolute Gasteiger partial charge is 0.307 e. The van der Waals surface area contributed by atoms with Gasteiger partial charge in [0, 0.05) is 19.0 Å². The molecule has 4 heteroatoms. The normalized spacial score (nSPS) is 34.6. The van der Waals surface area contributed by atoms with Crippen LogP contribution in [0.4, 0.5) is 0 Å². The first-order valence-electron chi connectivity index (χ1n) is 7.88. The molecule has 1 aliphatic heterocycles. The number of rotatable bonds is 2. The number of hydrogen-bond acceptors (Lipinski definition) is 2. The SMILES string of the molecule is CC1C(N2CCCCCC2=O)CCC(C(=O)O)C1(C)C. The zero-order valence-electron chi connectivity index (χ0n) is 12.9. The van der Waals surface area contributed by atoms with E-state index in [1.54, 1.807) is 0 Å². The van der Waals surface area contributed by atoms with Gasteiger partial charge in [0.05, 0.1) is 5.92 Å². The van der Waals surface area contributed by atoms with Gasteiger partial charge in [0.15, 0.2) is 0 Å². The van der Waals surface area contributed by atoms with Gasteiger partial charge in [-0.15, -0.1) is 0 Å². The largest absolute Gasteiger partial charge is 0.481 e. The summed E-state index contributed by atoms with van der Waals surface area (Å²) >= 11 is 0. The van der Waals surface area contributed by atoms with Gasteiger partial charge in [-0.1, -0.05) is 27.2 Å². The predicted molar refractivity (Wildman–Crippen MR) is 77.3 cm³/mol. The van der Waals surface area contributed by atoms with Crippen LogP contribution in [0.15, 0.2) is 0 Å². The summed E-state index contributed by atoms with van der Waals surface area (Å²) in [4.78, 5) is 25.8. The van der Waals surface area contributed by atoms with Crippen molar-refractivity contribution in [1.82, 2.24) is 4.90 Å². The van der Waals surface area contributed by atoms with Gasteiger partial charge in [0.1, 0.15) is 0 Å². The summed E-state index contributed by atoms with van der Waals surface area (Å²) < 4.78 is 0. The zero-order valence-corrected chi connectivity index (χ0v) is 12.9. The second-order valence-corrected chi connectivity index (χ2v) is 7.04. The highest BCUT2D eigenvalue weighted by atomic mass is 16.4. The van der Waals surface area contributed by atoms with Crippen LogP contribution in [0.3, 0.4) is 0 Å². The minimum Gasteiger partial charge on any atom is -0.481 e. The van der Waals surface area contributed by atoms with Crippen LogP contribution in [0.25, 0.3) is 0 Å². The molecular formula is C16H27NO3. The second-order valence-electron chi connectivity index (χ2n) is 7.04. The standard InChI is InChI=1S/C16H27NO3/c1-11-13(17-10-6-4-5-7-14(17)18)9-8-12(15(19)20)16(11,2)3/h11-13H,4-10H2,1-3H3,(H,19,20). The monoisotopic (exact) mass is 281 g/mol. The minimum absolute atomic E-state index is 0.214. The maximum absolute atomic E-state index is 12.3. The molecule has 3 atom stereocenters. The van der Waals surface area contributed by atoms with Gasteiger partial charge in [-0.25, -0.2) is 0 Å². The van der Waals surface area contributed by atoms with E-state index in [0.717, 1.165) is 32.2 Å². The van der Waals surface area contributed by atoms with E-state index in [1.165, 1.54) is 0 Å². The lowest BCUT2D eigenvalue weighted by molar-refractivity contribution is -0.153. The Balaban J connectivity index is 2.18. The lowest BCUT2D eigenvalue weighted by atomic mass is 9.60. The maximum atomic E-state index is 12.3. The lowest BCUT2D eigenvalue weighted by Crippen LogP contribution is -2.54. The summed E-state index contributed by atoms with van der Waals surface area (Å²) in [6.45, 7) is 7.06. The molecule has 1 heterocycles. The average molecular weight is 281 g/mol. The van der Waals surface area contributed by atoms with Crippen molar-refractivity contribution in [3.63, 3.8) is 0 Å². The number of likely N-dealkylation sites (tertiary alicyclic amines) is 1. The number of carbonyl (C=O) groups is 2. The molecular weight excluding hydrogens is 254 g/mol. The van der Waals surface area contributed by atoms with Crippen molar-refractivity contribution in [2.45, 2.75) is 65.3 Å². The fourth-order valence-electron chi connectivity index (χ4n) is 3.99. The first-order chi connectivity index (χ1) is 9.35. The van der Waals surface area contributed by atoms with Crippen molar-refractivity contribution in [1.29, 1.82) is 0 Å². The highest BCUT2D eigenvalue weighted by Crippen LogP contribution is 2.47. The van der Waals surface area contributed by atoms with Crippen LogP contribution in [0.1, 0.15) is 59.3 Å². The molecule has 2 aliphatic rings. The van der Waals surface area contributed by atoms with Crippen LogP contribution in [-0.2, 0) is 9.59 Å². The van der Waals surface area contributed by atoms with Crippen LogP contribution in [0, 0.1) is 17.3 Å². The minimum atomic E-state index is -0.692. The number of hydrogen-bond donors (Lipinski definition) is 1. The van der Waals surface area contributed by atoms with Gasteiger partial charge >= 0.3 is 5.97 Å². The molecule has 20 heavy (non-hydrogen) atoms. The van der Waals surface area contributed by atoms with Gasteiger partial charge in [-0.05, 0) is 37.0 Å². The molecule has 0 aromatic rings. The molecule has 0 radical (unpaired) electrons. The maximum Gasteiger partial charge on any atom is 0.307 e. The molecule has 3 unspecified atom stereocenters. The first kappa shape index (κ1) is 15.3. The third-order valence-electron chi connectivity index (χ3n) is 5.71. The van der Waals surface area contributed by atoms with E-state index in [4.69, 9.17) is 0 Å². The van der Waals surface area contributed by atoms with Gasteiger partial charge in [0.2, 0.25) is 5.91 Å². The number of aliphatic carboxylic acids is 1. The van der Waals surface area contributed by atoms with Crippen molar-refractivity contribution in [2.24, 2.45) is 17.3 Å². The summed E-state index contributed by atoms with van der Waals surface area (Å²) in [5.41, 5.74) is -0.263. The molecule has 1 saturated carbocycles. The Morgan fingerprint density at radius 2 is 1.95 bits per heavy atom. The number of nitrogens with zero attached hydrogens (tertiary/aromatic N) is 1. The molecule has 1 amide bonds. The summed E-state index contributed by atoms with van der Waals surface area (Å²) in [5.74, 6) is -0.498. The van der Waals surface area contributed by atoms with Crippen molar-refractivity contribution < 1.29 is 14.7 Å². The molecule has 0 aromatic carbocycles. The lowest BCUT2D eigenvalue weighted by Gasteiger charge is -2.49. The van der Waals surface area contributed by atoms with E-state index in [-0.39, 0.29) is 29.2 Å². The first-order valence-corrected chi connectivity index (χ1v) is 7.88. The average Bonchev–Trinajstić information content (AvgIpc) is 2.57. The molecule has 2 rings (SSSR count). The highest BCUT2D eigenvalue weighted by Gasteiger charge is 2.48. The van der Waals surface area contributed by atoms with Crippen molar-refractivity contribution >= 4 is 11.9 Å². The molecule has 1 N–H and O–H groups in total. The molecule has 0 spiro atoms. The van der Waals surface area contributed by atoms with E-state index >= 15 is 0 Å². The van der Waals surface area contributed by atoms with Crippen LogP contribution < -0.4 is 0 Å². The zero-order chi connectivity index (χ0) is 14.9. The number of carbonyl (C=O) groups excluding carboxylic acids is 1. The van der Waals surface area contributed by atoms with E-state index in [9.17, 15) is 14.7 Å². The second kappa shape index (κ2) is 5.74. The molecule has 1 saturated heterocycles. The Hall–Kier alpha value is -1.06. The Bertz CT molecular complexity index is 391. The van der Waals surface area contributed by atoms with Gasteiger partial charge in [0.25, 0.3) is 0 Å². The topological polar surface area (TPSA) is 57.6 Å². The molecule has 1 aliphatic carbocycles. The Morgan fingerprint density at radius 1 is 1.25 bits per heavy atom. The van der Waals surface area contributed by atoms with Crippen LogP contribution in [-0.4, -0.2) is 34.5 Å². The van der Waals surface area contributed by atoms with E-state index in [1.807, 2.05) is 13.8 Å². The van der Waals surface area contributed by atoms with Crippen molar-refractivity contribution in [3.8, 4) is 0 Å².